The molecule has 0 aliphatic carbocycles. The van der Waals surface area contributed by atoms with Crippen LogP contribution in [0.4, 0.5) is 5.69 Å². The molecule has 0 bridgehead atoms. The molecule has 0 spiro atoms. The summed E-state index contributed by atoms with van der Waals surface area (Å²) in [5, 5.41) is 10.7. The number of aromatic nitrogens is 2. The second-order valence-corrected chi connectivity index (χ2v) is 9.66. The number of nitrogens with zero attached hydrogens (tertiary/aromatic N) is 3. The molecule has 4 rings (SSSR count). The van der Waals surface area contributed by atoms with Gasteiger partial charge in [0, 0.05) is 12.0 Å². The van der Waals surface area contributed by atoms with E-state index in [-0.39, 0.29) is 18.2 Å². The fraction of sp³-hybridized carbons (Fsp3) is 0.310. The molecule has 37 heavy (non-hydrogen) atoms. The Kier molecular flexibility index (Phi) is 8.24. The van der Waals surface area contributed by atoms with E-state index in [1.165, 1.54) is 7.11 Å². The Balaban J connectivity index is 1.81. The highest BCUT2D eigenvalue weighted by Crippen LogP contribution is 2.42. The zero-order chi connectivity index (χ0) is 26.5. The van der Waals surface area contributed by atoms with Crippen molar-refractivity contribution in [2.45, 2.75) is 39.8 Å². The Morgan fingerprint density at radius 1 is 1.05 bits per heavy atom. The van der Waals surface area contributed by atoms with E-state index < -0.39 is 0 Å². The molecular weight excluding hydrogens is 490 g/mol. The van der Waals surface area contributed by atoms with Crippen molar-refractivity contribution < 1.29 is 19.4 Å². The number of ether oxygens (including phenoxy) is 2. The number of anilines is 1. The maximum atomic E-state index is 13.6. The lowest BCUT2D eigenvalue weighted by Gasteiger charge is -2.26. The van der Waals surface area contributed by atoms with Gasteiger partial charge in [-0.05, 0) is 42.7 Å². The number of imidazole rings is 1. The molecule has 0 aliphatic rings. The number of carbonyl (C=O) groups excluding carboxylic acids is 1. The van der Waals surface area contributed by atoms with E-state index in [1.54, 1.807) is 36.3 Å². The highest BCUT2D eigenvalue weighted by atomic mass is 35.5. The molecule has 0 saturated heterocycles. The first-order valence-corrected chi connectivity index (χ1v) is 12.6. The molecule has 1 amide bonds. The molecule has 7 nitrogen and oxygen atoms in total. The third-order valence-corrected chi connectivity index (χ3v) is 6.71. The summed E-state index contributed by atoms with van der Waals surface area (Å²) in [4.78, 5) is 20.2. The number of fused-ring (bicyclic) bond motifs is 1. The van der Waals surface area contributed by atoms with Gasteiger partial charge in [-0.25, -0.2) is 4.98 Å². The van der Waals surface area contributed by atoms with Gasteiger partial charge in [-0.1, -0.05) is 55.8 Å². The molecule has 0 atom stereocenters. The molecule has 4 aromatic rings. The van der Waals surface area contributed by atoms with Crippen LogP contribution in [0.25, 0.3) is 11.0 Å². The lowest BCUT2D eigenvalue weighted by Crippen LogP contribution is -2.32. The van der Waals surface area contributed by atoms with Crippen molar-refractivity contribution in [2.24, 2.45) is 5.92 Å². The van der Waals surface area contributed by atoms with E-state index in [2.05, 4.69) is 13.8 Å². The van der Waals surface area contributed by atoms with Gasteiger partial charge in [0.15, 0.2) is 11.5 Å². The zero-order valence-electron chi connectivity index (χ0n) is 21.6. The van der Waals surface area contributed by atoms with Crippen LogP contribution in [0.2, 0.25) is 5.02 Å². The Labute approximate surface area is 222 Å². The van der Waals surface area contributed by atoms with E-state index in [0.717, 1.165) is 23.0 Å². The Bertz CT molecular complexity index is 1400. The van der Waals surface area contributed by atoms with Gasteiger partial charge in [0.25, 0.3) is 0 Å². The fourth-order valence-corrected chi connectivity index (χ4v) is 4.66. The van der Waals surface area contributed by atoms with Crippen LogP contribution in [-0.4, -0.2) is 34.8 Å². The van der Waals surface area contributed by atoms with Gasteiger partial charge in [0.1, 0.15) is 16.6 Å². The minimum absolute atomic E-state index is 0.0658. The van der Waals surface area contributed by atoms with Crippen LogP contribution in [0.1, 0.15) is 38.1 Å². The van der Waals surface area contributed by atoms with Crippen molar-refractivity contribution in [3.63, 3.8) is 0 Å². The second-order valence-electron chi connectivity index (χ2n) is 9.28. The van der Waals surface area contributed by atoms with Crippen molar-refractivity contribution in [1.82, 2.24) is 9.55 Å². The summed E-state index contributed by atoms with van der Waals surface area (Å²) in [5.74, 6) is 2.04. The number of halogens is 1. The summed E-state index contributed by atoms with van der Waals surface area (Å²) < 4.78 is 12.9. The lowest BCUT2D eigenvalue weighted by atomic mass is 10.1. The molecule has 1 heterocycles. The van der Waals surface area contributed by atoms with Crippen LogP contribution in [0.3, 0.4) is 0 Å². The van der Waals surface area contributed by atoms with E-state index in [1.807, 2.05) is 41.0 Å². The number of benzene rings is 3. The number of phenols is 1. The van der Waals surface area contributed by atoms with Crippen LogP contribution in [0.5, 0.6) is 17.2 Å². The van der Waals surface area contributed by atoms with Crippen LogP contribution < -0.4 is 14.4 Å². The van der Waals surface area contributed by atoms with Gasteiger partial charge < -0.3 is 24.0 Å². The van der Waals surface area contributed by atoms with Crippen LogP contribution in [-0.2, 0) is 17.9 Å². The number of hydrogen-bond donors (Lipinski definition) is 1. The predicted molar refractivity (Wildman–Crippen MR) is 147 cm³/mol. The maximum absolute atomic E-state index is 13.6. The van der Waals surface area contributed by atoms with Gasteiger partial charge >= 0.3 is 0 Å². The third kappa shape index (κ3) is 5.67. The average molecular weight is 522 g/mol. The average Bonchev–Trinajstić information content (AvgIpc) is 3.24. The number of methoxy groups -OCH3 is 2. The zero-order valence-corrected chi connectivity index (χ0v) is 22.3. The van der Waals surface area contributed by atoms with E-state index in [9.17, 15) is 9.90 Å². The standard InChI is InChI=1S/C29H32ClN3O4/c1-19(2)13-16-27(35)33(23-14-15-25(36-3)29(37-4)28(23)30)18-26-31-21-10-6-7-11-22(21)32(26)17-20-9-5-8-12-24(20)34/h5-12,14-15,19,34H,13,16-18H2,1-4H3. The molecule has 8 heteroatoms. The van der Waals surface area contributed by atoms with Gasteiger partial charge in [-0.2, -0.15) is 0 Å². The number of carbonyl (C=O) groups is 1. The Morgan fingerprint density at radius 3 is 2.49 bits per heavy atom. The molecule has 0 fully saturated rings. The van der Waals surface area contributed by atoms with Crippen molar-refractivity contribution in [1.29, 1.82) is 0 Å². The quantitative estimate of drug-likeness (QED) is 0.260. The summed E-state index contributed by atoms with van der Waals surface area (Å²) in [5.41, 5.74) is 3.00. The van der Waals surface area contributed by atoms with Crippen LogP contribution in [0.15, 0.2) is 60.7 Å². The first-order chi connectivity index (χ1) is 17.8. The molecule has 0 radical (unpaired) electrons. The summed E-state index contributed by atoms with van der Waals surface area (Å²) in [6, 6.07) is 18.5. The van der Waals surface area contributed by atoms with Crippen molar-refractivity contribution >= 4 is 34.2 Å². The summed E-state index contributed by atoms with van der Waals surface area (Å²) in [6.45, 7) is 4.77. The summed E-state index contributed by atoms with van der Waals surface area (Å²) in [6.07, 6.45) is 1.11. The SMILES string of the molecule is COc1ccc(N(Cc2nc3ccccc3n2Cc2ccccc2O)C(=O)CCC(C)C)c(Cl)c1OC. The molecule has 194 valence electrons. The van der Waals surface area contributed by atoms with Crippen molar-refractivity contribution in [2.75, 3.05) is 19.1 Å². The highest BCUT2D eigenvalue weighted by molar-refractivity contribution is 6.35. The van der Waals surface area contributed by atoms with Crippen molar-refractivity contribution in [3.8, 4) is 17.2 Å². The molecule has 3 aromatic carbocycles. The van der Waals surface area contributed by atoms with Gasteiger partial charge in [-0.15, -0.1) is 0 Å². The second kappa shape index (κ2) is 11.6. The Hall–Kier alpha value is -3.71. The van der Waals surface area contributed by atoms with Gasteiger partial charge in [-0.3, -0.25) is 4.79 Å². The van der Waals surface area contributed by atoms with E-state index >= 15 is 0 Å². The lowest BCUT2D eigenvalue weighted by molar-refractivity contribution is -0.119. The Morgan fingerprint density at radius 2 is 1.78 bits per heavy atom. The van der Waals surface area contributed by atoms with Crippen molar-refractivity contribution in [3.05, 3.63) is 77.1 Å². The molecule has 0 aliphatic heterocycles. The number of phenolic OH excluding ortho intramolecular Hbond substituents is 1. The topological polar surface area (TPSA) is 76.8 Å². The highest BCUT2D eigenvalue weighted by Gasteiger charge is 2.25. The number of amides is 1. The molecule has 1 N–H and O–H groups in total. The predicted octanol–water partition coefficient (Wildman–Crippen LogP) is 6.43. The van der Waals surface area contributed by atoms with Gasteiger partial charge in [0.05, 0.1) is 44.0 Å². The van der Waals surface area contributed by atoms with Crippen LogP contribution in [0, 0.1) is 5.92 Å². The molecule has 0 saturated carbocycles. The normalized spacial score (nSPS) is 11.2. The summed E-state index contributed by atoms with van der Waals surface area (Å²) >= 11 is 6.77. The molecular formula is C29H32ClN3O4. The number of hydrogen-bond acceptors (Lipinski definition) is 5. The first kappa shape index (κ1) is 26.4. The molecule has 0 unspecified atom stereocenters. The number of para-hydroxylation sites is 3. The number of rotatable bonds is 10. The fourth-order valence-electron chi connectivity index (χ4n) is 4.32. The van der Waals surface area contributed by atoms with E-state index in [0.29, 0.717) is 46.9 Å². The third-order valence-electron chi connectivity index (χ3n) is 6.35. The smallest absolute Gasteiger partial charge is 0.227 e. The minimum Gasteiger partial charge on any atom is -0.508 e. The monoisotopic (exact) mass is 521 g/mol. The van der Waals surface area contributed by atoms with Crippen LogP contribution >= 0.6 is 11.6 Å². The molecule has 1 aromatic heterocycles. The minimum atomic E-state index is -0.0658. The van der Waals surface area contributed by atoms with Gasteiger partial charge in [0.2, 0.25) is 5.91 Å². The largest absolute Gasteiger partial charge is 0.508 e. The number of aromatic hydroxyl groups is 1. The summed E-state index contributed by atoms with van der Waals surface area (Å²) in [7, 11) is 3.06. The maximum Gasteiger partial charge on any atom is 0.227 e. The first-order valence-electron chi connectivity index (χ1n) is 12.3. The van der Waals surface area contributed by atoms with E-state index in [4.69, 9.17) is 26.1 Å².